The van der Waals surface area contributed by atoms with Crippen molar-refractivity contribution in [2.24, 2.45) is 0 Å². The number of nitrogens with zero attached hydrogens (tertiary/aromatic N) is 2. The van der Waals surface area contributed by atoms with Crippen molar-refractivity contribution in [1.29, 1.82) is 0 Å². The smallest absolute Gasteiger partial charge is 0.167 e. The van der Waals surface area contributed by atoms with Gasteiger partial charge >= 0.3 is 0 Å². The number of ether oxygens (including phenoxy) is 1. The first-order valence-corrected chi connectivity index (χ1v) is 7.32. The van der Waals surface area contributed by atoms with Gasteiger partial charge < -0.3 is 10.1 Å². The normalized spacial score (nSPS) is 10.7. The van der Waals surface area contributed by atoms with E-state index in [2.05, 4.69) is 10.4 Å². The summed E-state index contributed by atoms with van der Waals surface area (Å²) in [5, 5.41) is 8.16. The van der Waals surface area contributed by atoms with E-state index in [1.165, 1.54) is 6.07 Å². The fraction of sp³-hybridized carbons (Fsp3) is 0.400. The zero-order chi connectivity index (χ0) is 15.4. The largest absolute Gasteiger partial charge is 0.491 e. The summed E-state index contributed by atoms with van der Waals surface area (Å²) in [5.41, 5.74) is 2.37. The minimum absolute atomic E-state index is 0.260. The lowest BCUT2D eigenvalue weighted by molar-refractivity contribution is 0.321. The number of benzene rings is 1. The second-order valence-corrected chi connectivity index (χ2v) is 4.97. The lowest BCUT2D eigenvalue weighted by atomic mass is 10.2. The summed E-state index contributed by atoms with van der Waals surface area (Å²) in [4.78, 5) is 0. The summed E-state index contributed by atoms with van der Waals surface area (Å²) < 4.78 is 20.8. The van der Waals surface area contributed by atoms with Crippen molar-refractivity contribution in [3.63, 3.8) is 0 Å². The molecule has 0 aliphatic heterocycles. The first kappa shape index (κ1) is 15.6. The van der Waals surface area contributed by atoms with Gasteiger partial charge in [-0.2, -0.15) is 5.10 Å². The van der Waals surface area contributed by atoms with Gasteiger partial charge in [0.25, 0.3) is 0 Å². The van der Waals surface area contributed by atoms with E-state index in [-0.39, 0.29) is 11.6 Å². The highest BCUT2D eigenvalue weighted by Gasteiger charge is 2.12. The fourth-order valence-corrected chi connectivity index (χ4v) is 2.31. The molecular formula is C15H19ClFN3O. The highest BCUT2D eigenvalue weighted by molar-refractivity contribution is 6.31. The molecule has 1 N–H and O–H groups in total. The zero-order valence-corrected chi connectivity index (χ0v) is 13.2. The van der Waals surface area contributed by atoms with Crippen LogP contribution in [0.5, 0.6) is 5.75 Å². The van der Waals surface area contributed by atoms with E-state index < -0.39 is 0 Å². The third kappa shape index (κ3) is 3.47. The molecule has 4 nitrogen and oxygen atoms in total. The quantitative estimate of drug-likeness (QED) is 0.876. The van der Waals surface area contributed by atoms with E-state index in [4.69, 9.17) is 16.3 Å². The molecule has 0 spiro atoms. The Kier molecular flexibility index (Phi) is 5.07. The van der Waals surface area contributed by atoms with Gasteiger partial charge in [0.2, 0.25) is 0 Å². The van der Waals surface area contributed by atoms with Crippen molar-refractivity contribution in [3.05, 3.63) is 40.4 Å². The van der Waals surface area contributed by atoms with Crippen LogP contribution in [0.15, 0.2) is 18.2 Å². The Hall–Kier alpha value is -1.75. The molecule has 0 radical (unpaired) electrons. The van der Waals surface area contributed by atoms with Crippen LogP contribution >= 0.6 is 11.6 Å². The van der Waals surface area contributed by atoms with Crippen molar-refractivity contribution in [2.75, 3.05) is 11.9 Å². The summed E-state index contributed by atoms with van der Waals surface area (Å²) in [6, 6.07) is 4.81. The lowest BCUT2D eigenvalue weighted by Gasteiger charge is -2.10. The number of halogens is 2. The summed E-state index contributed by atoms with van der Waals surface area (Å²) in [6.07, 6.45) is 0. The second kappa shape index (κ2) is 6.80. The maximum Gasteiger partial charge on any atom is 0.167 e. The maximum absolute atomic E-state index is 13.8. The molecule has 0 unspecified atom stereocenters. The summed E-state index contributed by atoms with van der Waals surface area (Å²) in [6.45, 7) is 7.36. The Balaban J connectivity index is 2.11. The number of nitrogens with one attached hydrogen (secondary N) is 1. The average molecular weight is 312 g/mol. The van der Waals surface area contributed by atoms with Crippen molar-refractivity contribution in [1.82, 2.24) is 9.78 Å². The Morgan fingerprint density at radius 1 is 1.38 bits per heavy atom. The third-order valence-electron chi connectivity index (χ3n) is 3.14. The van der Waals surface area contributed by atoms with Crippen LogP contribution in [-0.4, -0.2) is 16.4 Å². The summed E-state index contributed by atoms with van der Waals surface area (Å²) in [5.74, 6) is -0.122. The lowest BCUT2D eigenvalue weighted by Crippen LogP contribution is -2.08. The molecule has 0 saturated heterocycles. The van der Waals surface area contributed by atoms with Crippen LogP contribution in [0.25, 0.3) is 0 Å². The Morgan fingerprint density at radius 3 is 2.76 bits per heavy atom. The first-order valence-electron chi connectivity index (χ1n) is 6.94. The van der Waals surface area contributed by atoms with Gasteiger partial charge in [0.05, 0.1) is 29.6 Å². The van der Waals surface area contributed by atoms with E-state index in [0.29, 0.717) is 23.9 Å². The predicted octanol–water partition coefficient (Wildman–Crippen LogP) is 4.01. The number of anilines is 1. The molecule has 114 valence electrons. The molecule has 2 rings (SSSR count). The monoisotopic (exact) mass is 311 g/mol. The van der Waals surface area contributed by atoms with Gasteiger partial charge in [-0.15, -0.1) is 0 Å². The molecule has 6 heteroatoms. The van der Waals surface area contributed by atoms with Crippen LogP contribution in [0.2, 0.25) is 5.02 Å². The topological polar surface area (TPSA) is 39.1 Å². The van der Waals surface area contributed by atoms with Gasteiger partial charge in [-0.3, -0.25) is 4.68 Å². The Bertz CT molecular complexity index is 628. The minimum Gasteiger partial charge on any atom is -0.491 e. The molecule has 21 heavy (non-hydrogen) atoms. The number of aromatic nitrogens is 2. The molecule has 1 aromatic heterocycles. The molecule has 0 aliphatic rings. The van der Waals surface area contributed by atoms with Crippen LogP contribution in [0, 0.1) is 12.7 Å². The molecule has 0 amide bonds. The molecule has 0 fully saturated rings. The third-order valence-corrected chi connectivity index (χ3v) is 3.64. The maximum atomic E-state index is 13.8. The Morgan fingerprint density at radius 2 is 2.14 bits per heavy atom. The molecule has 0 saturated carbocycles. The highest BCUT2D eigenvalue weighted by Crippen LogP contribution is 2.24. The molecule has 1 heterocycles. The second-order valence-electron chi connectivity index (χ2n) is 4.59. The number of rotatable bonds is 6. The molecule has 1 aromatic carbocycles. The van der Waals surface area contributed by atoms with Gasteiger partial charge in [-0.05, 0) is 32.9 Å². The Labute approximate surface area is 128 Å². The van der Waals surface area contributed by atoms with Gasteiger partial charge in [0, 0.05) is 18.3 Å². The van der Waals surface area contributed by atoms with Crippen LogP contribution in [0.1, 0.15) is 25.2 Å². The van der Waals surface area contributed by atoms with E-state index >= 15 is 0 Å². The standard InChI is InChI=1S/C15H19ClFN3O/c1-4-20-13(15(16)10(3)19-20)9-18-11-6-7-14(21-5-2)12(17)8-11/h6-8,18H,4-5,9H2,1-3H3. The molecular weight excluding hydrogens is 293 g/mol. The number of aryl methyl sites for hydroxylation is 2. The van der Waals surface area contributed by atoms with E-state index in [0.717, 1.165) is 17.9 Å². The van der Waals surface area contributed by atoms with Gasteiger partial charge in [0.15, 0.2) is 11.6 Å². The fourth-order valence-electron chi connectivity index (χ4n) is 2.11. The van der Waals surface area contributed by atoms with Gasteiger partial charge in [-0.25, -0.2) is 4.39 Å². The van der Waals surface area contributed by atoms with Crippen LogP contribution in [-0.2, 0) is 13.1 Å². The highest BCUT2D eigenvalue weighted by atomic mass is 35.5. The molecule has 0 aliphatic carbocycles. The first-order chi connectivity index (χ1) is 10.1. The number of hydrogen-bond acceptors (Lipinski definition) is 3. The zero-order valence-electron chi connectivity index (χ0n) is 12.4. The van der Waals surface area contributed by atoms with Crippen LogP contribution < -0.4 is 10.1 Å². The SMILES string of the molecule is CCOc1ccc(NCc2c(Cl)c(C)nn2CC)cc1F. The number of hydrogen-bond donors (Lipinski definition) is 1. The summed E-state index contributed by atoms with van der Waals surface area (Å²) in [7, 11) is 0. The van der Waals surface area contributed by atoms with Crippen LogP contribution in [0.4, 0.5) is 10.1 Å². The average Bonchev–Trinajstić information content (AvgIpc) is 2.75. The van der Waals surface area contributed by atoms with Crippen molar-refractivity contribution in [3.8, 4) is 5.75 Å². The van der Waals surface area contributed by atoms with Gasteiger partial charge in [-0.1, -0.05) is 11.6 Å². The van der Waals surface area contributed by atoms with E-state index in [1.807, 2.05) is 25.5 Å². The molecule has 0 bridgehead atoms. The minimum atomic E-state index is -0.381. The van der Waals surface area contributed by atoms with Crippen LogP contribution in [0.3, 0.4) is 0 Å². The van der Waals surface area contributed by atoms with E-state index in [1.54, 1.807) is 12.1 Å². The van der Waals surface area contributed by atoms with Crippen molar-refractivity contribution < 1.29 is 9.13 Å². The van der Waals surface area contributed by atoms with Crippen molar-refractivity contribution in [2.45, 2.75) is 33.9 Å². The predicted molar refractivity (Wildman–Crippen MR) is 82.5 cm³/mol. The van der Waals surface area contributed by atoms with E-state index in [9.17, 15) is 4.39 Å². The molecule has 0 atom stereocenters. The summed E-state index contributed by atoms with van der Waals surface area (Å²) >= 11 is 6.24. The molecule has 2 aromatic rings. The van der Waals surface area contributed by atoms with Gasteiger partial charge in [0.1, 0.15) is 0 Å². The van der Waals surface area contributed by atoms with Crippen molar-refractivity contribution >= 4 is 17.3 Å².